The predicted octanol–water partition coefficient (Wildman–Crippen LogP) is 1.25. The fourth-order valence-electron chi connectivity index (χ4n) is 1.64. The molecule has 0 aromatic rings. The van der Waals surface area contributed by atoms with E-state index < -0.39 is 0 Å². The minimum Gasteiger partial charge on any atom is -0.375 e. The Morgan fingerprint density at radius 2 is 2.33 bits per heavy atom. The highest BCUT2D eigenvalue weighted by molar-refractivity contribution is 7.99. The maximum atomic E-state index is 6.05. The van der Waals surface area contributed by atoms with Gasteiger partial charge in [0.05, 0.1) is 12.7 Å². The molecule has 1 saturated heterocycles. The van der Waals surface area contributed by atoms with Gasteiger partial charge in [0.2, 0.25) is 0 Å². The molecule has 2 rings (SSSR count). The van der Waals surface area contributed by atoms with Crippen molar-refractivity contribution in [3.8, 4) is 0 Å². The summed E-state index contributed by atoms with van der Waals surface area (Å²) in [5.74, 6) is 3.18. The molecule has 2 nitrogen and oxygen atoms in total. The largest absolute Gasteiger partial charge is 0.375 e. The fraction of sp³-hybridized carbons (Fsp3) is 1.00. The molecule has 0 aromatic carbocycles. The second-order valence-corrected chi connectivity index (χ2v) is 4.98. The third-order valence-electron chi connectivity index (χ3n) is 2.62. The Kier molecular flexibility index (Phi) is 2.94. The number of thioether (sulfide) groups is 1. The average molecular weight is 187 g/mol. The van der Waals surface area contributed by atoms with Crippen molar-refractivity contribution >= 4 is 11.8 Å². The standard InChI is InChI=1S/C9H17NOS/c10-8(5-7-1-2-7)9-6-12-4-3-11-9/h7-9H,1-6,10H2. The van der Waals surface area contributed by atoms with E-state index in [-0.39, 0.29) is 0 Å². The summed E-state index contributed by atoms with van der Waals surface area (Å²) >= 11 is 1.97. The highest BCUT2D eigenvalue weighted by Gasteiger charge is 2.29. The van der Waals surface area contributed by atoms with Crippen LogP contribution in [0.25, 0.3) is 0 Å². The molecule has 1 heterocycles. The van der Waals surface area contributed by atoms with Crippen LogP contribution < -0.4 is 5.73 Å². The Morgan fingerprint density at radius 3 is 2.92 bits per heavy atom. The molecule has 12 heavy (non-hydrogen) atoms. The van der Waals surface area contributed by atoms with E-state index >= 15 is 0 Å². The normalized spacial score (nSPS) is 33.2. The first-order valence-electron chi connectivity index (χ1n) is 4.81. The van der Waals surface area contributed by atoms with Crippen molar-refractivity contribution in [1.82, 2.24) is 0 Å². The Hall–Kier alpha value is 0.270. The molecule has 70 valence electrons. The zero-order valence-corrected chi connectivity index (χ0v) is 8.19. The number of rotatable bonds is 3. The molecular formula is C9H17NOS. The van der Waals surface area contributed by atoms with E-state index in [2.05, 4.69) is 0 Å². The van der Waals surface area contributed by atoms with Gasteiger partial charge in [-0.1, -0.05) is 12.8 Å². The van der Waals surface area contributed by atoms with Gasteiger partial charge in [0.15, 0.2) is 0 Å². The van der Waals surface area contributed by atoms with E-state index in [9.17, 15) is 0 Å². The number of ether oxygens (including phenoxy) is 1. The molecule has 0 bridgehead atoms. The molecule has 1 saturated carbocycles. The van der Waals surface area contributed by atoms with Gasteiger partial charge in [-0.05, 0) is 12.3 Å². The molecule has 0 radical (unpaired) electrons. The lowest BCUT2D eigenvalue weighted by atomic mass is 10.1. The first kappa shape index (κ1) is 8.85. The summed E-state index contributed by atoms with van der Waals surface area (Å²) in [6.45, 7) is 0.897. The van der Waals surface area contributed by atoms with Crippen molar-refractivity contribution in [3.05, 3.63) is 0 Å². The second-order valence-electron chi connectivity index (χ2n) is 3.83. The molecule has 2 unspecified atom stereocenters. The van der Waals surface area contributed by atoms with E-state index in [0.29, 0.717) is 12.1 Å². The molecule has 2 fully saturated rings. The SMILES string of the molecule is NC(CC1CC1)C1CSCCO1. The van der Waals surface area contributed by atoms with E-state index in [4.69, 9.17) is 10.5 Å². The highest BCUT2D eigenvalue weighted by atomic mass is 32.2. The van der Waals surface area contributed by atoms with Crippen molar-refractivity contribution < 1.29 is 4.74 Å². The van der Waals surface area contributed by atoms with Gasteiger partial charge in [-0.2, -0.15) is 11.8 Å². The molecule has 1 aliphatic carbocycles. The zero-order chi connectivity index (χ0) is 8.39. The fourth-order valence-corrected chi connectivity index (χ4v) is 2.60. The monoisotopic (exact) mass is 187 g/mol. The van der Waals surface area contributed by atoms with Crippen LogP contribution in [-0.2, 0) is 4.74 Å². The molecular weight excluding hydrogens is 170 g/mol. The lowest BCUT2D eigenvalue weighted by Gasteiger charge is -2.27. The summed E-state index contributed by atoms with van der Waals surface area (Å²) < 4.78 is 5.62. The summed E-state index contributed by atoms with van der Waals surface area (Å²) in [7, 11) is 0. The molecule has 3 heteroatoms. The number of nitrogens with two attached hydrogens (primary N) is 1. The number of hydrogen-bond donors (Lipinski definition) is 1. The summed E-state index contributed by atoms with van der Waals surface area (Å²) in [5.41, 5.74) is 6.05. The zero-order valence-electron chi connectivity index (χ0n) is 7.37. The number of hydrogen-bond acceptors (Lipinski definition) is 3. The van der Waals surface area contributed by atoms with Crippen LogP contribution in [0.5, 0.6) is 0 Å². The molecule has 2 N–H and O–H groups in total. The Morgan fingerprint density at radius 1 is 1.50 bits per heavy atom. The first-order chi connectivity index (χ1) is 5.86. The van der Waals surface area contributed by atoms with Crippen LogP contribution in [0.4, 0.5) is 0 Å². The van der Waals surface area contributed by atoms with Gasteiger partial charge in [-0.15, -0.1) is 0 Å². The van der Waals surface area contributed by atoms with Crippen molar-refractivity contribution in [3.63, 3.8) is 0 Å². The van der Waals surface area contributed by atoms with Crippen LogP contribution >= 0.6 is 11.8 Å². The Labute approximate surface area is 78.2 Å². The molecule has 1 aliphatic heterocycles. The third-order valence-corrected chi connectivity index (χ3v) is 3.64. The summed E-state index contributed by atoms with van der Waals surface area (Å²) in [5, 5.41) is 0. The van der Waals surface area contributed by atoms with Crippen LogP contribution in [0, 0.1) is 5.92 Å². The quantitative estimate of drug-likeness (QED) is 0.722. The molecule has 0 aromatic heterocycles. The Balaban J connectivity index is 1.72. The summed E-state index contributed by atoms with van der Waals surface area (Å²) in [4.78, 5) is 0. The van der Waals surface area contributed by atoms with Gasteiger partial charge in [0.1, 0.15) is 0 Å². The van der Waals surface area contributed by atoms with Crippen molar-refractivity contribution in [2.24, 2.45) is 11.7 Å². The molecule has 0 spiro atoms. The van der Waals surface area contributed by atoms with Crippen LogP contribution in [0.3, 0.4) is 0 Å². The van der Waals surface area contributed by atoms with Crippen LogP contribution in [0.15, 0.2) is 0 Å². The lowest BCUT2D eigenvalue weighted by molar-refractivity contribution is 0.0537. The van der Waals surface area contributed by atoms with Crippen LogP contribution in [0.1, 0.15) is 19.3 Å². The average Bonchev–Trinajstić information content (AvgIpc) is 2.90. The van der Waals surface area contributed by atoms with Gasteiger partial charge in [0.25, 0.3) is 0 Å². The smallest absolute Gasteiger partial charge is 0.0816 e. The lowest BCUT2D eigenvalue weighted by Crippen LogP contribution is -2.41. The maximum Gasteiger partial charge on any atom is 0.0816 e. The van der Waals surface area contributed by atoms with Gasteiger partial charge >= 0.3 is 0 Å². The molecule has 2 aliphatic rings. The van der Waals surface area contributed by atoms with Gasteiger partial charge in [0, 0.05) is 17.5 Å². The minimum absolute atomic E-state index is 0.297. The van der Waals surface area contributed by atoms with E-state index in [1.807, 2.05) is 11.8 Å². The molecule has 0 amide bonds. The third kappa shape index (κ3) is 2.38. The topological polar surface area (TPSA) is 35.2 Å². The van der Waals surface area contributed by atoms with Crippen LogP contribution in [0.2, 0.25) is 0 Å². The van der Waals surface area contributed by atoms with Crippen molar-refractivity contribution in [1.29, 1.82) is 0 Å². The van der Waals surface area contributed by atoms with Gasteiger partial charge in [-0.25, -0.2) is 0 Å². The van der Waals surface area contributed by atoms with Gasteiger partial charge < -0.3 is 10.5 Å². The van der Waals surface area contributed by atoms with Gasteiger partial charge in [-0.3, -0.25) is 0 Å². The van der Waals surface area contributed by atoms with Crippen LogP contribution in [-0.4, -0.2) is 30.3 Å². The van der Waals surface area contributed by atoms with Crippen molar-refractivity contribution in [2.45, 2.75) is 31.4 Å². The summed E-state index contributed by atoms with van der Waals surface area (Å²) in [6, 6.07) is 0.297. The molecule has 2 atom stereocenters. The Bertz CT molecular complexity index is 143. The summed E-state index contributed by atoms with van der Waals surface area (Å²) in [6.07, 6.45) is 4.32. The van der Waals surface area contributed by atoms with Crippen molar-refractivity contribution in [2.75, 3.05) is 18.1 Å². The van der Waals surface area contributed by atoms with E-state index in [1.54, 1.807) is 0 Å². The second kappa shape index (κ2) is 3.99. The highest BCUT2D eigenvalue weighted by Crippen LogP contribution is 2.34. The minimum atomic E-state index is 0.297. The van der Waals surface area contributed by atoms with E-state index in [1.165, 1.54) is 19.3 Å². The first-order valence-corrected chi connectivity index (χ1v) is 5.96. The van der Waals surface area contributed by atoms with E-state index in [0.717, 1.165) is 24.0 Å². The maximum absolute atomic E-state index is 6.05. The predicted molar refractivity (Wildman–Crippen MR) is 52.4 cm³/mol.